The van der Waals surface area contributed by atoms with Gasteiger partial charge >= 0.3 is 0 Å². The third-order valence-electron chi connectivity index (χ3n) is 4.33. The van der Waals surface area contributed by atoms with Gasteiger partial charge in [-0.2, -0.15) is 0 Å². The number of nitrogens with zero attached hydrogens (tertiary/aromatic N) is 1. The van der Waals surface area contributed by atoms with Crippen LogP contribution < -0.4 is 15.8 Å². The average molecular weight is 376 g/mol. The number of H-pyrrole nitrogens is 1. The van der Waals surface area contributed by atoms with Gasteiger partial charge in [-0.25, -0.2) is 0 Å². The SMILES string of the molecule is CCN1CCCc2cc(CNCc3cc(Br)c[nH]c3=O)ccc21. The molecule has 2 heterocycles. The average Bonchev–Trinajstić information content (AvgIpc) is 2.57. The van der Waals surface area contributed by atoms with Crippen molar-refractivity contribution < 1.29 is 0 Å². The van der Waals surface area contributed by atoms with Gasteiger partial charge in [-0.3, -0.25) is 4.79 Å². The zero-order chi connectivity index (χ0) is 16.2. The second-order valence-corrected chi connectivity index (χ2v) is 6.84. The summed E-state index contributed by atoms with van der Waals surface area (Å²) in [5.74, 6) is 0. The van der Waals surface area contributed by atoms with Gasteiger partial charge in [0.25, 0.3) is 5.56 Å². The van der Waals surface area contributed by atoms with E-state index in [0.717, 1.165) is 36.1 Å². The van der Waals surface area contributed by atoms with Crippen molar-refractivity contribution in [2.45, 2.75) is 32.9 Å². The molecule has 0 bridgehead atoms. The number of benzene rings is 1. The van der Waals surface area contributed by atoms with E-state index in [1.807, 2.05) is 6.07 Å². The van der Waals surface area contributed by atoms with Gasteiger partial charge in [0.05, 0.1) is 0 Å². The summed E-state index contributed by atoms with van der Waals surface area (Å²) < 4.78 is 0.891. The molecule has 0 unspecified atom stereocenters. The Morgan fingerprint density at radius 1 is 1.30 bits per heavy atom. The van der Waals surface area contributed by atoms with Crippen molar-refractivity contribution in [3.05, 3.63) is 62.0 Å². The molecule has 1 aromatic carbocycles. The predicted molar refractivity (Wildman–Crippen MR) is 98.0 cm³/mol. The third kappa shape index (κ3) is 3.85. The van der Waals surface area contributed by atoms with Gasteiger partial charge in [0.15, 0.2) is 0 Å². The maximum absolute atomic E-state index is 11.8. The van der Waals surface area contributed by atoms with Crippen molar-refractivity contribution in [3.8, 4) is 0 Å². The van der Waals surface area contributed by atoms with Crippen molar-refractivity contribution in [3.63, 3.8) is 0 Å². The maximum Gasteiger partial charge on any atom is 0.252 e. The number of fused-ring (bicyclic) bond motifs is 1. The lowest BCUT2D eigenvalue weighted by Gasteiger charge is -2.30. The molecule has 0 saturated heterocycles. The number of nitrogens with one attached hydrogen (secondary N) is 2. The highest BCUT2D eigenvalue weighted by Crippen LogP contribution is 2.27. The number of halogens is 1. The summed E-state index contributed by atoms with van der Waals surface area (Å²) in [5.41, 5.74) is 4.80. The fourth-order valence-electron chi connectivity index (χ4n) is 3.14. The van der Waals surface area contributed by atoms with Gasteiger partial charge in [0.2, 0.25) is 0 Å². The quantitative estimate of drug-likeness (QED) is 0.843. The lowest BCUT2D eigenvalue weighted by Crippen LogP contribution is -2.29. The van der Waals surface area contributed by atoms with Crippen LogP contribution in [0.5, 0.6) is 0 Å². The summed E-state index contributed by atoms with van der Waals surface area (Å²) in [6, 6.07) is 8.58. The highest BCUT2D eigenvalue weighted by atomic mass is 79.9. The molecule has 0 radical (unpaired) electrons. The summed E-state index contributed by atoms with van der Waals surface area (Å²) in [4.78, 5) is 16.9. The van der Waals surface area contributed by atoms with Gasteiger partial charge in [-0.1, -0.05) is 12.1 Å². The number of pyridine rings is 1. The molecule has 2 aromatic rings. The normalized spacial score (nSPS) is 13.9. The van der Waals surface area contributed by atoms with Crippen molar-refractivity contribution in [2.24, 2.45) is 0 Å². The first-order chi connectivity index (χ1) is 11.2. The van der Waals surface area contributed by atoms with E-state index < -0.39 is 0 Å². The molecule has 0 spiro atoms. The molecule has 5 heteroatoms. The number of hydrogen-bond donors (Lipinski definition) is 2. The Hall–Kier alpha value is -1.59. The molecular formula is C18H22BrN3O. The number of aryl methyl sites for hydroxylation is 1. The van der Waals surface area contributed by atoms with Crippen LogP contribution in [0.1, 0.15) is 30.0 Å². The smallest absolute Gasteiger partial charge is 0.252 e. The number of rotatable bonds is 5. The highest BCUT2D eigenvalue weighted by Gasteiger charge is 2.15. The maximum atomic E-state index is 11.8. The van der Waals surface area contributed by atoms with E-state index in [4.69, 9.17) is 0 Å². The number of hydrogen-bond acceptors (Lipinski definition) is 3. The molecule has 1 aromatic heterocycles. The van der Waals surface area contributed by atoms with E-state index in [9.17, 15) is 4.79 Å². The molecule has 0 amide bonds. The molecule has 4 nitrogen and oxygen atoms in total. The molecule has 1 aliphatic rings. The van der Waals surface area contributed by atoms with E-state index in [0.29, 0.717) is 6.54 Å². The molecule has 0 saturated carbocycles. The van der Waals surface area contributed by atoms with E-state index in [1.54, 1.807) is 6.20 Å². The molecule has 0 aliphatic carbocycles. The standard InChI is InChI=1S/C18H22BrN3O/c1-2-22-7-3-4-14-8-13(5-6-17(14)22)10-20-11-15-9-16(19)12-21-18(15)23/h5-6,8-9,12,20H,2-4,7,10-11H2,1H3,(H,21,23). The van der Waals surface area contributed by atoms with Crippen LogP contribution in [0, 0.1) is 0 Å². The first-order valence-electron chi connectivity index (χ1n) is 8.12. The van der Waals surface area contributed by atoms with Crippen molar-refractivity contribution in [1.29, 1.82) is 0 Å². The molecular weight excluding hydrogens is 354 g/mol. The summed E-state index contributed by atoms with van der Waals surface area (Å²) in [6.07, 6.45) is 4.05. The van der Waals surface area contributed by atoms with E-state index in [2.05, 4.69) is 56.3 Å². The van der Waals surface area contributed by atoms with Crippen LogP contribution in [-0.2, 0) is 19.5 Å². The first kappa shape index (κ1) is 16.3. The summed E-state index contributed by atoms with van der Waals surface area (Å²) in [7, 11) is 0. The summed E-state index contributed by atoms with van der Waals surface area (Å²) >= 11 is 3.38. The molecule has 1 aliphatic heterocycles. The molecule has 3 rings (SSSR count). The molecule has 0 fully saturated rings. The van der Waals surface area contributed by atoms with Crippen LogP contribution in [0.3, 0.4) is 0 Å². The monoisotopic (exact) mass is 375 g/mol. The number of anilines is 1. The molecule has 0 atom stereocenters. The van der Waals surface area contributed by atoms with Crippen LogP contribution >= 0.6 is 15.9 Å². The Bertz CT molecular complexity index is 741. The Labute approximate surface area is 145 Å². The Morgan fingerprint density at radius 2 is 2.17 bits per heavy atom. The molecule has 23 heavy (non-hydrogen) atoms. The molecule has 2 N–H and O–H groups in total. The van der Waals surface area contributed by atoms with E-state index in [1.165, 1.54) is 23.2 Å². The van der Waals surface area contributed by atoms with Crippen LogP contribution in [-0.4, -0.2) is 18.1 Å². The van der Waals surface area contributed by atoms with Crippen LogP contribution in [0.4, 0.5) is 5.69 Å². The Morgan fingerprint density at radius 3 is 3.00 bits per heavy atom. The second kappa shape index (κ2) is 7.32. The van der Waals surface area contributed by atoms with Gasteiger partial charge < -0.3 is 15.2 Å². The van der Waals surface area contributed by atoms with Gasteiger partial charge in [-0.15, -0.1) is 0 Å². The predicted octanol–water partition coefficient (Wildman–Crippen LogP) is 3.20. The Balaban J connectivity index is 1.65. The minimum absolute atomic E-state index is 0.0373. The van der Waals surface area contributed by atoms with Crippen LogP contribution in [0.15, 0.2) is 39.7 Å². The Kier molecular flexibility index (Phi) is 5.18. The zero-order valence-electron chi connectivity index (χ0n) is 13.4. The fraction of sp³-hybridized carbons (Fsp3) is 0.389. The zero-order valence-corrected chi connectivity index (χ0v) is 14.9. The highest BCUT2D eigenvalue weighted by molar-refractivity contribution is 9.10. The summed E-state index contributed by atoms with van der Waals surface area (Å²) in [5, 5.41) is 3.36. The third-order valence-corrected chi connectivity index (χ3v) is 4.79. The van der Waals surface area contributed by atoms with Crippen molar-refractivity contribution in [1.82, 2.24) is 10.3 Å². The molecule has 122 valence electrons. The lowest BCUT2D eigenvalue weighted by atomic mass is 9.99. The number of aromatic nitrogens is 1. The second-order valence-electron chi connectivity index (χ2n) is 5.92. The van der Waals surface area contributed by atoms with Gasteiger partial charge in [-0.05, 0) is 59.0 Å². The van der Waals surface area contributed by atoms with Gasteiger partial charge in [0.1, 0.15) is 0 Å². The van der Waals surface area contributed by atoms with Crippen molar-refractivity contribution >= 4 is 21.6 Å². The number of aromatic amines is 1. The minimum Gasteiger partial charge on any atom is -0.372 e. The lowest BCUT2D eigenvalue weighted by molar-refractivity contribution is 0.679. The first-order valence-corrected chi connectivity index (χ1v) is 8.91. The minimum atomic E-state index is -0.0373. The van der Waals surface area contributed by atoms with E-state index >= 15 is 0 Å². The topological polar surface area (TPSA) is 48.1 Å². The largest absolute Gasteiger partial charge is 0.372 e. The van der Waals surface area contributed by atoms with Crippen molar-refractivity contribution in [2.75, 3.05) is 18.0 Å². The van der Waals surface area contributed by atoms with Gasteiger partial charge in [0, 0.05) is 48.1 Å². The van der Waals surface area contributed by atoms with E-state index in [-0.39, 0.29) is 5.56 Å². The van der Waals surface area contributed by atoms with Crippen LogP contribution in [0.2, 0.25) is 0 Å². The summed E-state index contributed by atoms with van der Waals surface area (Å²) in [6.45, 7) is 5.77. The fourth-order valence-corrected chi connectivity index (χ4v) is 3.53. The van der Waals surface area contributed by atoms with Crippen LogP contribution in [0.25, 0.3) is 0 Å².